The number of carbonyl (C=O) groups is 1. The first-order valence-corrected chi connectivity index (χ1v) is 5.27. The van der Waals surface area contributed by atoms with Crippen LogP contribution in [0, 0.1) is 0 Å². The summed E-state index contributed by atoms with van der Waals surface area (Å²) >= 11 is 14.6. The zero-order chi connectivity index (χ0) is 11.6. The van der Waals surface area contributed by atoms with Crippen LogP contribution in [0.4, 0.5) is 0 Å². The van der Waals surface area contributed by atoms with Gasteiger partial charge in [-0.15, -0.1) is 0 Å². The quantitative estimate of drug-likeness (QED) is 0.445. The lowest BCUT2D eigenvalue weighted by Gasteiger charge is -2.09. The molecule has 0 aliphatic carbocycles. The van der Waals surface area contributed by atoms with Crippen LogP contribution in [0.3, 0.4) is 0 Å². The third kappa shape index (κ3) is 18.3. The molecule has 0 atom stereocenters. The van der Waals surface area contributed by atoms with E-state index >= 15 is 0 Å². The van der Waals surface area contributed by atoms with Gasteiger partial charge < -0.3 is 9.47 Å². The molecule has 3 nitrogen and oxygen atoms in total. The molecule has 0 radical (unpaired) electrons. The van der Waals surface area contributed by atoms with E-state index in [0.717, 1.165) is 13.2 Å². The van der Waals surface area contributed by atoms with E-state index in [1.807, 2.05) is 20.8 Å². The van der Waals surface area contributed by atoms with Crippen LogP contribution >= 0.6 is 34.8 Å². The minimum absolute atomic E-state index is 0.0370. The lowest BCUT2D eigenvalue weighted by molar-refractivity contribution is -0.123. The van der Waals surface area contributed by atoms with Gasteiger partial charge in [0.05, 0.1) is 0 Å². The highest BCUT2D eigenvalue weighted by Crippen LogP contribution is 2.21. The Bertz CT molecular complexity index is 130. The first-order valence-electron chi connectivity index (χ1n) is 4.13. The van der Waals surface area contributed by atoms with E-state index in [1.54, 1.807) is 0 Å². The zero-order valence-electron chi connectivity index (χ0n) is 8.43. The highest BCUT2D eigenvalue weighted by molar-refractivity contribution is 6.74. The van der Waals surface area contributed by atoms with Crippen LogP contribution in [0.1, 0.15) is 20.8 Å². The third-order valence-electron chi connectivity index (χ3n) is 0.936. The van der Waals surface area contributed by atoms with Gasteiger partial charge in [-0.1, -0.05) is 34.8 Å². The van der Waals surface area contributed by atoms with Gasteiger partial charge in [0.25, 0.3) is 0 Å². The second-order valence-corrected chi connectivity index (χ2v) is 4.51. The molecular formula is C8H15Cl3O3. The molecule has 6 heteroatoms. The molecule has 0 bridgehead atoms. The molecule has 14 heavy (non-hydrogen) atoms. The fraction of sp³-hybridized carbons (Fsp3) is 0.875. The van der Waals surface area contributed by atoms with Crippen LogP contribution in [0.15, 0.2) is 0 Å². The number of hydrogen-bond acceptors (Lipinski definition) is 3. The van der Waals surface area contributed by atoms with Crippen LogP contribution in [0.5, 0.6) is 0 Å². The SMILES string of the molecule is CCOC(C)OCC.O=CC(Cl)(Cl)Cl. The van der Waals surface area contributed by atoms with Gasteiger partial charge in [0.15, 0.2) is 12.6 Å². The minimum Gasteiger partial charge on any atom is -0.353 e. The summed E-state index contributed by atoms with van der Waals surface area (Å²) in [5.41, 5.74) is 0. The van der Waals surface area contributed by atoms with Crippen molar-refractivity contribution in [2.75, 3.05) is 13.2 Å². The van der Waals surface area contributed by atoms with E-state index in [9.17, 15) is 4.79 Å². The molecule has 0 saturated heterocycles. The van der Waals surface area contributed by atoms with Crippen LogP contribution in [0.2, 0.25) is 0 Å². The highest BCUT2D eigenvalue weighted by Gasteiger charge is 2.16. The van der Waals surface area contributed by atoms with Crippen molar-refractivity contribution in [1.82, 2.24) is 0 Å². The van der Waals surface area contributed by atoms with Gasteiger partial charge in [-0.2, -0.15) is 0 Å². The summed E-state index contributed by atoms with van der Waals surface area (Å²) in [6, 6.07) is 0. The lowest BCUT2D eigenvalue weighted by Crippen LogP contribution is -2.11. The molecule has 0 N–H and O–H groups in total. The van der Waals surface area contributed by atoms with E-state index in [2.05, 4.69) is 0 Å². The summed E-state index contributed by atoms with van der Waals surface area (Å²) in [5.74, 6) is 0. The van der Waals surface area contributed by atoms with Crippen molar-refractivity contribution in [1.29, 1.82) is 0 Å². The second-order valence-electron chi connectivity index (χ2n) is 2.14. The minimum atomic E-state index is -1.72. The van der Waals surface area contributed by atoms with Gasteiger partial charge in [0.2, 0.25) is 3.79 Å². The molecule has 0 aliphatic heterocycles. The first-order chi connectivity index (χ1) is 6.37. The van der Waals surface area contributed by atoms with Gasteiger partial charge in [0, 0.05) is 13.2 Å². The molecule has 0 spiro atoms. The first kappa shape index (κ1) is 16.9. The fourth-order valence-corrected chi connectivity index (χ4v) is 0.518. The average molecular weight is 266 g/mol. The van der Waals surface area contributed by atoms with Gasteiger partial charge >= 0.3 is 0 Å². The number of carbonyl (C=O) groups excluding carboxylic acids is 1. The van der Waals surface area contributed by atoms with Gasteiger partial charge in [-0.05, 0) is 20.8 Å². The Morgan fingerprint density at radius 3 is 1.64 bits per heavy atom. The molecule has 0 fully saturated rings. The maximum atomic E-state index is 9.43. The van der Waals surface area contributed by atoms with Crippen molar-refractivity contribution in [2.45, 2.75) is 30.9 Å². The largest absolute Gasteiger partial charge is 0.353 e. The van der Waals surface area contributed by atoms with Crippen molar-refractivity contribution in [3.8, 4) is 0 Å². The molecule has 0 aromatic carbocycles. The number of aldehydes is 1. The Kier molecular flexibility index (Phi) is 12.0. The van der Waals surface area contributed by atoms with Crippen LogP contribution in [-0.4, -0.2) is 29.6 Å². The van der Waals surface area contributed by atoms with E-state index in [0.29, 0.717) is 0 Å². The fourth-order valence-electron chi connectivity index (χ4n) is 0.518. The average Bonchev–Trinajstić information content (AvgIpc) is 2.05. The van der Waals surface area contributed by atoms with E-state index in [4.69, 9.17) is 44.3 Å². The van der Waals surface area contributed by atoms with Gasteiger partial charge in [-0.25, -0.2) is 0 Å². The summed E-state index contributed by atoms with van der Waals surface area (Å²) in [6.45, 7) is 7.25. The maximum absolute atomic E-state index is 9.43. The summed E-state index contributed by atoms with van der Waals surface area (Å²) < 4.78 is 8.40. The Morgan fingerprint density at radius 1 is 1.21 bits per heavy atom. The predicted molar refractivity (Wildman–Crippen MR) is 59.1 cm³/mol. The molecule has 86 valence electrons. The van der Waals surface area contributed by atoms with Crippen LogP contribution in [0.25, 0.3) is 0 Å². The molecule has 0 saturated carbocycles. The van der Waals surface area contributed by atoms with Crippen LogP contribution in [-0.2, 0) is 14.3 Å². The molecule has 0 aromatic heterocycles. The molecule has 0 amide bonds. The second kappa shape index (κ2) is 9.99. The normalized spacial score (nSPS) is 10.8. The van der Waals surface area contributed by atoms with Crippen molar-refractivity contribution in [3.63, 3.8) is 0 Å². The van der Waals surface area contributed by atoms with E-state index < -0.39 is 3.79 Å². The third-order valence-corrected chi connectivity index (χ3v) is 1.20. The zero-order valence-corrected chi connectivity index (χ0v) is 10.7. The van der Waals surface area contributed by atoms with Crippen molar-refractivity contribution in [2.24, 2.45) is 0 Å². The Labute approximate surface area is 99.6 Å². The topological polar surface area (TPSA) is 35.5 Å². The Balaban J connectivity index is 0. The number of rotatable bonds is 4. The highest BCUT2D eigenvalue weighted by atomic mass is 35.6. The molecule has 0 aromatic rings. The standard InChI is InChI=1S/C6H14O2.C2HCl3O/c1-4-7-6(3)8-5-2;3-2(4,5)1-6/h6H,4-5H2,1-3H3;1H. The number of hydrogen-bond donors (Lipinski definition) is 0. The van der Waals surface area contributed by atoms with Crippen molar-refractivity contribution < 1.29 is 14.3 Å². The summed E-state index contributed by atoms with van der Waals surface area (Å²) in [4.78, 5) is 9.43. The van der Waals surface area contributed by atoms with Crippen molar-refractivity contribution >= 4 is 41.1 Å². The lowest BCUT2D eigenvalue weighted by atomic mass is 10.7. The molecule has 0 unspecified atom stereocenters. The number of alkyl halides is 3. The summed E-state index contributed by atoms with van der Waals surface area (Å²) in [6.07, 6.45) is 0.197. The van der Waals surface area contributed by atoms with Crippen LogP contribution < -0.4 is 0 Å². The van der Waals surface area contributed by atoms with Gasteiger partial charge in [-0.3, -0.25) is 4.79 Å². The monoisotopic (exact) mass is 264 g/mol. The molecule has 0 heterocycles. The maximum Gasteiger partial charge on any atom is 0.245 e. The van der Waals surface area contributed by atoms with E-state index in [-0.39, 0.29) is 12.6 Å². The molecule has 0 aliphatic rings. The summed E-state index contributed by atoms with van der Waals surface area (Å²) in [7, 11) is 0. The molecule has 0 rings (SSSR count). The number of ether oxygens (including phenoxy) is 2. The summed E-state index contributed by atoms with van der Waals surface area (Å²) in [5, 5.41) is 0. The predicted octanol–water partition coefficient (Wildman–Crippen LogP) is 2.96. The smallest absolute Gasteiger partial charge is 0.245 e. The molecular weight excluding hydrogens is 250 g/mol. The van der Waals surface area contributed by atoms with Crippen molar-refractivity contribution in [3.05, 3.63) is 0 Å². The number of halogens is 3. The Hall–Kier alpha value is 0.460. The van der Waals surface area contributed by atoms with E-state index in [1.165, 1.54) is 0 Å². The van der Waals surface area contributed by atoms with Gasteiger partial charge in [0.1, 0.15) is 0 Å². The Morgan fingerprint density at radius 2 is 1.50 bits per heavy atom.